The highest BCUT2D eigenvalue weighted by molar-refractivity contribution is 5.87. The summed E-state index contributed by atoms with van der Waals surface area (Å²) in [6, 6.07) is 6.93. The molecule has 1 aliphatic heterocycles. The number of hydrogen-bond donors (Lipinski definition) is 0. The number of nitrogens with zero attached hydrogens (tertiary/aromatic N) is 4. The van der Waals surface area contributed by atoms with Crippen molar-refractivity contribution >= 4 is 11.6 Å². The highest BCUT2D eigenvalue weighted by Gasteiger charge is 2.30. The van der Waals surface area contributed by atoms with Gasteiger partial charge in [0.05, 0.1) is 11.1 Å². The normalized spacial score (nSPS) is 15.5. The molecular formula is C17H15F3N4. The molecule has 2 aromatic rings. The van der Waals surface area contributed by atoms with Crippen molar-refractivity contribution < 1.29 is 13.2 Å². The second-order valence-corrected chi connectivity index (χ2v) is 5.70. The zero-order valence-electron chi connectivity index (χ0n) is 12.8. The Kier molecular flexibility index (Phi) is 4.38. The molecule has 0 fully saturated rings. The summed E-state index contributed by atoms with van der Waals surface area (Å²) in [5.41, 5.74) is -0.212. The van der Waals surface area contributed by atoms with E-state index in [1.165, 1.54) is 18.2 Å². The Morgan fingerprint density at radius 2 is 2.04 bits per heavy atom. The molecule has 0 bridgehead atoms. The van der Waals surface area contributed by atoms with Crippen molar-refractivity contribution in [2.24, 2.45) is 0 Å². The molecule has 3 rings (SSSR count). The first kappa shape index (κ1) is 16.2. The van der Waals surface area contributed by atoms with Crippen LogP contribution in [0.25, 0.3) is 11.6 Å². The van der Waals surface area contributed by atoms with Crippen LogP contribution in [0.15, 0.2) is 24.3 Å². The Morgan fingerprint density at radius 1 is 1.21 bits per heavy atom. The quantitative estimate of drug-likeness (QED) is 0.779. The van der Waals surface area contributed by atoms with E-state index in [0.717, 1.165) is 50.2 Å². The first-order valence-corrected chi connectivity index (χ1v) is 7.70. The molecule has 0 aliphatic carbocycles. The molecule has 0 spiro atoms. The standard InChI is InChI=1S/C17H15F3N4/c18-17(19,20)14-6-4-5-12(10-14)9-13(11-21)16-23-22-15-7-2-1-3-8-24(15)16/h4-6,9-10H,1-3,7-8H2/b13-9+. The Labute approximate surface area is 137 Å². The summed E-state index contributed by atoms with van der Waals surface area (Å²) in [5, 5.41) is 17.6. The Hall–Kier alpha value is -2.62. The van der Waals surface area contributed by atoms with E-state index in [2.05, 4.69) is 10.2 Å². The smallest absolute Gasteiger partial charge is 0.310 e. The third-order valence-corrected chi connectivity index (χ3v) is 4.00. The number of aromatic nitrogens is 3. The molecular weight excluding hydrogens is 317 g/mol. The van der Waals surface area contributed by atoms with Gasteiger partial charge in [-0.2, -0.15) is 18.4 Å². The molecule has 124 valence electrons. The number of nitriles is 1. The minimum atomic E-state index is -4.41. The highest BCUT2D eigenvalue weighted by Crippen LogP contribution is 2.30. The lowest BCUT2D eigenvalue weighted by Crippen LogP contribution is -2.05. The largest absolute Gasteiger partial charge is 0.416 e. The van der Waals surface area contributed by atoms with Gasteiger partial charge in [0, 0.05) is 13.0 Å². The Bertz CT molecular complexity index is 812. The van der Waals surface area contributed by atoms with E-state index >= 15 is 0 Å². The first-order chi connectivity index (χ1) is 11.5. The van der Waals surface area contributed by atoms with Crippen LogP contribution >= 0.6 is 0 Å². The summed E-state index contributed by atoms with van der Waals surface area (Å²) >= 11 is 0. The van der Waals surface area contributed by atoms with Gasteiger partial charge in [0.1, 0.15) is 11.9 Å². The number of benzene rings is 1. The van der Waals surface area contributed by atoms with E-state index in [0.29, 0.717) is 11.4 Å². The fourth-order valence-electron chi connectivity index (χ4n) is 2.80. The van der Waals surface area contributed by atoms with Crippen LogP contribution in [0.3, 0.4) is 0 Å². The van der Waals surface area contributed by atoms with E-state index in [1.54, 1.807) is 0 Å². The van der Waals surface area contributed by atoms with Crippen LogP contribution in [0, 0.1) is 11.3 Å². The predicted octanol–water partition coefficient (Wildman–Crippen LogP) is 4.09. The summed E-state index contributed by atoms with van der Waals surface area (Å²) in [6.07, 6.45) is 0.898. The predicted molar refractivity (Wildman–Crippen MR) is 82.5 cm³/mol. The molecule has 0 N–H and O–H groups in total. The molecule has 7 heteroatoms. The van der Waals surface area contributed by atoms with Crippen molar-refractivity contribution in [3.8, 4) is 6.07 Å². The lowest BCUT2D eigenvalue weighted by Gasteiger charge is -2.08. The maximum atomic E-state index is 12.8. The van der Waals surface area contributed by atoms with Gasteiger partial charge >= 0.3 is 6.18 Å². The van der Waals surface area contributed by atoms with Crippen molar-refractivity contribution in [1.82, 2.24) is 14.8 Å². The van der Waals surface area contributed by atoms with Crippen LogP contribution in [0.1, 0.15) is 42.0 Å². The second kappa shape index (κ2) is 6.48. The van der Waals surface area contributed by atoms with Gasteiger partial charge in [-0.05, 0) is 36.6 Å². The van der Waals surface area contributed by atoms with Crippen LogP contribution in [-0.4, -0.2) is 14.8 Å². The molecule has 2 heterocycles. The molecule has 0 saturated carbocycles. The van der Waals surface area contributed by atoms with Crippen LogP contribution in [-0.2, 0) is 19.1 Å². The zero-order chi connectivity index (χ0) is 17.2. The molecule has 0 amide bonds. The number of alkyl halides is 3. The highest BCUT2D eigenvalue weighted by atomic mass is 19.4. The maximum absolute atomic E-state index is 12.8. The van der Waals surface area contributed by atoms with Gasteiger partial charge in [-0.3, -0.25) is 0 Å². The number of hydrogen-bond acceptors (Lipinski definition) is 3. The Morgan fingerprint density at radius 3 is 2.79 bits per heavy atom. The number of allylic oxidation sites excluding steroid dienone is 1. The third kappa shape index (κ3) is 3.32. The van der Waals surface area contributed by atoms with Crippen molar-refractivity contribution in [2.75, 3.05) is 0 Å². The van der Waals surface area contributed by atoms with Crippen molar-refractivity contribution in [3.05, 3.63) is 47.0 Å². The van der Waals surface area contributed by atoms with Crippen molar-refractivity contribution in [3.63, 3.8) is 0 Å². The van der Waals surface area contributed by atoms with Crippen LogP contribution in [0.2, 0.25) is 0 Å². The fraction of sp³-hybridized carbons (Fsp3) is 0.353. The zero-order valence-corrected chi connectivity index (χ0v) is 12.8. The lowest BCUT2D eigenvalue weighted by molar-refractivity contribution is -0.137. The summed E-state index contributed by atoms with van der Waals surface area (Å²) in [4.78, 5) is 0. The fourth-order valence-corrected chi connectivity index (χ4v) is 2.80. The lowest BCUT2D eigenvalue weighted by atomic mass is 10.1. The molecule has 1 aromatic heterocycles. The molecule has 1 aliphatic rings. The van der Waals surface area contributed by atoms with E-state index in [4.69, 9.17) is 0 Å². The second-order valence-electron chi connectivity index (χ2n) is 5.70. The van der Waals surface area contributed by atoms with Crippen molar-refractivity contribution in [2.45, 2.75) is 38.4 Å². The van der Waals surface area contributed by atoms with Gasteiger partial charge in [0.25, 0.3) is 0 Å². The summed E-state index contributed by atoms with van der Waals surface area (Å²) in [7, 11) is 0. The van der Waals surface area contributed by atoms with E-state index in [9.17, 15) is 18.4 Å². The van der Waals surface area contributed by atoms with Gasteiger partial charge in [-0.1, -0.05) is 18.6 Å². The molecule has 0 atom stereocenters. The molecule has 24 heavy (non-hydrogen) atoms. The van der Waals surface area contributed by atoms with Gasteiger partial charge in [-0.15, -0.1) is 10.2 Å². The topological polar surface area (TPSA) is 54.5 Å². The monoisotopic (exact) mass is 332 g/mol. The first-order valence-electron chi connectivity index (χ1n) is 7.70. The van der Waals surface area contributed by atoms with Crippen LogP contribution in [0.4, 0.5) is 13.2 Å². The van der Waals surface area contributed by atoms with Crippen LogP contribution in [0.5, 0.6) is 0 Å². The molecule has 0 unspecified atom stereocenters. The Balaban J connectivity index is 2.00. The van der Waals surface area contributed by atoms with Crippen LogP contribution < -0.4 is 0 Å². The minimum absolute atomic E-state index is 0.218. The van der Waals surface area contributed by atoms with E-state index < -0.39 is 11.7 Å². The van der Waals surface area contributed by atoms with Gasteiger partial charge < -0.3 is 4.57 Å². The summed E-state index contributed by atoms with van der Waals surface area (Å²) in [5.74, 6) is 1.25. The number of halogens is 3. The van der Waals surface area contributed by atoms with Gasteiger partial charge in [0.2, 0.25) is 0 Å². The average Bonchev–Trinajstić information content (AvgIpc) is 2.80. The van der Waals surface area contributed by atoms with Crippen molar-refractivity contribution in [1.29, 1.82) is 5.26 Å². The number of fused-ring (bicyclic) bond motifs is 1. The average molecular weight is 332 g/mol. The van der Waals surface area contributed by atoms with Gasteiger partial charge in [-0.25, -0.2) is 0 Å². The maximum Gasteiger partial charge on any atom is 0.416 e. The van der Waals surface area contributed by atoms with E-state index in [1.807, 2.05) is 10.6 Å². The van der Waals surface area contributed by atoms with E-state index in [-0.39, 0.29) is 5.57 Å². The SMILES string of the molecule is N#C/C(=C\c1cccc(C(F)(F)F)c1)c1nnc2n1CCCCC2. The molecule has 0 saturated heterocycles. The minimum Gasteiger partial charge on any atom is -0.310 e. The third-order valence-electron chi connectivity index (χ3n) is 4.00. The number of rotatable bonds is 2. The molecule has 4 nitrogen and oxygen atoms in total. The number of aryl methyl sites for hydroxylation is 1. The van der Waals surface area contributed by atoms with Gasteiger partial charge in [0.15, 0.2) is 5.82 Å². The molecule has 0 radical (unpaired) electrons. The molecule has 1 aromatic carbocycles. The summed E-state index contributed by atoms with van der Waals surface area (Å²) in [6.45, 7) is 0.722. The summed E-state index contributed by atoms with van der Waals surface area (Å²) < 4.78 is 40.4.